The van der Waals surface area contributed by atoms with Gasteiger partial charge in [0.2, 0.25) is 5.91 Å². The number of thiophene rings is 1. The minimum Gasteiger partial charge on any atom is -0.317 e. The third-order valence-electron chi connectivity index (χ3n) is 4.60. The second-order valence-corrected chi connectivity index (χ2v) is 7.78. The first-order valence-corrected chi connectivity index (χ1v) is 8.49. The number of carbonyl (C=O) groups is 1. The molecule has 1 saturated carbocycles. The molecule has 3 nitrogen and oxygen atoms in total. The lowest BCUT2D eigenvalue weighted by molar-refractivity contribution is -0.131. The van der Waals surface area contributed by atoms with Crippen LogP contribution in [0, 0.1) is 18.8 Å². The van der Waals surface area contributed by atoms with E-state index in [9.17, 15) is 4.79 Å². The van der Waals surface area contributed by atoms with Gasteiger partial charge in [-0.05, 0) is 37.3 Å². The van der Waals surface area contributed by atoms with Gasteiger partial charge >= 0.3 is 0 Å². The molecule has 1 saturated heterocycles. The van der Waals surface area contributed by atoms with Gasteiger partial charge in [-0.15, -0.1) is 11.3 Å². The van der Waals surface area contributed by atoms with E-state index in [4.69, 9.17) is 0 Å². The molecule has 2 heterocycles. The molecule has 0 bridgehead atoms. The zero-order chi connectivity index (χ0) is 14.4. The van der Waals surface area contributed by atoms with Crippen molar-refractivity contribution in [3.05, 3.63) is 21.9 Å². The number of aryl methyl sites for hydroxylation is 1. The molecule has 1 aromatic rings. The highest BCUT2D eigenvalue weighted by atomic mass is 32.1. The Bertz CT molecular complexity index is 510. The number of hydrogen-bond acceptors (Lipinski definition) is 3. The van der Waals surface area contributed by atoms with Crippen LogP contribution in [0.3, 0.4) is 0 Å². The van der Waals surface area contributed by atoms with Gasteiger partial charge in [-0.2, -0.15) is 0 Å². The number of nitrogens with zero attached hydrogens (tertiary/aromatic N) is 1. The van der Waals surface area contributed by atoms with E-state index < -0.39 is 0 Å². The summed E-state index contributed by atoms with van der Waals surface area (Å²) in [5.74, 6) is 1.35. The minimum atomic E-state index is -0.0273. The minimum absolute atomic E-state index is 0.0273. The average molecular weight is 292 g/mol. The normalized spacial score (nSPS) is 33.2. The summed E-state index contributed by atoms with van der Waals surface area (Å²) < 4.78 is 0. The summed E-state index contributed by atoms with van der Waals surface area (Å²) in [5, 5.41) is 3.57. The monoisotopic (exact) mass is 292 g/mol. The molecule has 0 aromatic carbocycles. The first-order chi connectivity index (χ1) is 9.52. The Kier molecular flexibility index (Phi) is 3.63. The van der Waals surface area contributed by atoms with Crippen LogP contribution in [0.1, 0.15) is 49.5 Å². The van der Waals surface area contributed by atoms with E-state index in [1.807, 2.05) is 0 Å². The largest absolute Gasteiger partial charge is 0.317 e. The maximum Gasteiger partial charge on any atom is 0.241 e. The predicted molar refractivity (Wildman–Crippen MR) is 82.6 cm³/mol. The highest BCUT2D eigenvalue weighted by Gasteiger charge is 2.52. The van der Waals surface area contributed by atoms with E-state index in [0.29, 0.717) is 23.8 Å². The van der Waals surface area contributed by atoms with Crippen LogP contribution < -0.4 is 5.32 Å². The topological polar surface area (TPSA) is 32.3 Å². The molecule has 0 radical (unpaired) electrons. The van der Waals surface area contributed by atoms with E-state index in [0.717, 1.165) is 0 Å². The highest BCUT2D eigenvalue weighted by molar-refractivity contribution is 7.12. The Morgan fingerprint density at radius 2 is 2.20 bits per heavy atom. The fraction of sp³-hybridized carbons (Fsp3) is 0.688. The number of hydrogen-bond donors (Lipinski definition) is 1. The molecule has 0 spiro atoms. The molecular formula is C16H24N2OS. The van der Waals surface area contributed by atoms with E-state index in [1.165, 1.54) is 22.6 Å². The zero-order valence-electron chi connectivity index (χ0n) is 12.7. The van der Waals surface area contributed by atoms with Crippen LogP contribution in [0.5, 0.6) is 0 Å². The fourth-order valence-electron chi connectivity index (χ4n) is 3.27. The number of rotatable bonds is 4. The molecule has 1 amide bonds. The third-order valence-corrected chi connectivity index (χ3v) is 5.65. The first-order valence-electron chi connectivity index (χ1n) is 7.67. The molecule has 1 aliphatic carbocycles. The molecule has 3 rings (SSSR count). The van der Waals surface area contributed by atoms with Crippen LogP contribution in [0.15, 0.2) is 12.1 Å². The molecular weight excluding hydrogens is 268 g/mol. The van der Waals surface area contributed by atoms with E-state index in [2.05, 4.69) is 50.0 Å². The van der Waals surface area contributed by atoms with Crippen molar-refractivity contribution in [1.82, 2.24) is 10.2 Å². The quantitative estimate of drug-likeness (QED) is 0.923. The van der Waals surface area contributed by atoms with Crippen LogP contribution in [0.2, 0.25) is 0 Å². The summed E-state index contributed by atoms with van der Waals surface area (Å²) in [4.78, 5) is 17.5. The van der Waals surface area contributed by atoms with Crippen molar-refractivity contribution >= 4 is 17.2 Å². The van der Waals surface area contributed by atoms with Crippen molar-refractivity contribution in [2.45, 2.75) is 58.8 Å². The van der Waals surface area contributed by atoms with Crippen molar-refractivity contribution < 1.29 is 4.79 Å². The van der Waals surface area contributed by atoms with Crippen molar-refractivity contribution in [1.29, 1.82) is 0 Å². The van der Waals surface area contributed by atoms with E-state index in [1.54, 1.807) is 11.3 Å². The first kappa shape index (κ1) is 14.1. The van der Waals surface area contributed by atoms with Gasteiger partial charge in [0.1, 0.15) is 6.17 Å². The van der Waals surface area contributed by atoms with Crippen LogP contribution in [-0.2, 0) is 4.79 Å². The van der Waals surface area contributed by atoms with Crippen LogP contribution in [0.25, 0.3) is 0 Å². The molecule has 4 heteroatoms. The summed E-state index contributed by atoms with van der Waals surface area (Å²) in [7, 11) is 0. The molecule has 20 heavy (non-hydrogen) atoms. The molecule has 1 aliphatic heterocycles. The lowest BCUT2D eigenvalue weighted by Gasteiger charge is -2.23. The predicted octanol–water partition coefficient (Wildman–Crippen LogP) is 3.31. The molecule has 1 aromatic heterocycles. The molecule has 1 N–H and O–H groups in total. The lowest BCUT2D eigenvalue weighted by atomic mass is 10.1. The third kappa shape index (κ3) is 2.29. The smallest absolute Gasteiger partial charge is 0.241 e. The zero-order valence-corrected chi connectivity index (χ0v) is 13.5. The van der Waals surface area contributed by atoms with Gasteiger partial charge in [-0.1, -0.05) is 27.2 Å². The van der Waals surface area contributed by atoms with Gasteiger partial charge in [-0.25, -0.2) is 0 Å². The summed E-state index contributed by atoms with van der Waals surface area (Å²) in [5.41, 5.74) is 0. The van der Waals surface area contributed by atoms with Gasteiger partial charge in [0, 0.05) is 15.8 Å². The fourth-order valence-corrected chi connectivity index (χ4v) is 4.21. The Labute approximate surface area is 125 Å². The second-order valence-electron chi connectivity index (χ2n) is 6.46. The van der Waals surface area contributed by atoms with Crippen LogP contribution >= 0.6 is 11.3 Å². The van der Waals surface area contributed by atoms with Gasteiger partial charge in [-0.3, -0.25) is 10.1 Å². The Hall–Kier alpha value is -0.870. The number of nitrogens with one attached hydrogen (secondary N) is 1. The van der Waals surface area contributed by atoms with Crippen molar-refractivity contribution in [3.63, 3.8) is 0 Å². The van der Waals surface area contributed by atoms with Gasteiger partial charge in [0.15, 0.2) is 0 Å². The van der Waals surface area contributed by atoms with Crippen LogP contribution in [0.4, 0.5) is 0 Å². The maximum atomic E-state index is 12.7. The summed E-state index contributed by atoms with van der Waals surface area (Å²) in [6, 6.07) is 4.75. The van der Waals surface area contributed by atoms with Gasteiger partial charge in [0.25, 0.3) is 0 Å². The average Bonchev–Trinajstić information content (AvgIpc) is 2.91. The highest BCUT2D eigenvalue weighted by Crippen LogP contribution is 2.45. The Balaban J connectivity index is 1.88. The molecule has 4 unspecified atom stereocenters. The standard InChI is InChI=1S/C16H24N2OS/c1-5-11-8-12(11)18-15(13-7-6-10(4)20-13)17-14(9(2)3)16(18)19/h6-7,9,11-12,14-15,17H,5,8H2,1-4H3. The maximum absolute atomic E-state index is 12.7. The molecule has 110 valence electrons. The SMILES string of the molecule is CCC1CC1N1C(=O)C(C(C)C)NC1c1ccc(C)s1. The Morgan fingerprint density at radius 1 is 1.45 bits per heavy atom. The Morgan fingerprint density at radius 3 is 2.70 bits per heavy atom. The lowest BCUT2D eigenvalue weighted by Crippen LogP contribution is -2.35. The van der Waals surface area contributed by atoms with E-state index in [-0.39, 0.29) is 12.2 Å². The molecule has 2 aliphatic rings. The summed E-state index contributed by atoms with van der Waals surface area (Å²) in [6.45, 7) is 8.60. The number of carbonyl (C=O) groups excluding carboxylic acids is 1. The summed E-state index contributed by atoms with van der Waals surface area (Å²) in [6.07, 6.45) is 2.45. The second kappa shape index (κ2) is 5.15. The van der Waals surface area contributed by atoms with Crippen molar-refractivity contribution in [2.24, 2.45) is 11.8 Å². The van der Waals surface area contributed by atoms with Gasteiger partial charge in [0.05, 0.1) is 6.04 Å². The molecule has 4 atom stereocenters. The summed E-state index contributed by atoms with van der Waals surface area (Å²) >= 11 is 1.80. The van der Waals surface area contributed by atoms with Crippen LogP contribution in [-0.4, -0.2) is 22.9 Å². The molecule has 2 fully saturated rings. The van der Waals surface area contributed by atoms with Crippen molar-refractivity contribution in [3.8, 4) is 0 Å². The van der Waals surface area contributed by atoms with Gasteiger partial charge < -0.3 is 4.90 Å². The van der Waals surface area contributed by atoms with E-state index >= 15 is 0 Å². The van der Waals surface area contributed by atoms with Crippen molar-refractivity contribution in [2.75, 3.05) is 0 Å². The number of amides is 1.